The van der Waals surface area contributed by atoms with Gasteiger partial charge in [-0.15, -0.1) is 0 Å². The Morgan fingerprint density at radius 1 is 0.657 bits per heavy atom. The van der Waals surface area contributed by atoms with Crippen LogP contribution in [0.1, 0.15) is 62.7 Å². The van der Waals surface area contributed by atoms with Gasteiger partial charge in [-0.3, -0.25) is 14.4 Å². The summed E-state index contributed by atoms with van der Waals surface area (Å²) >= 11 is 0. The van der Waals surface area contributed by atoms with Gasteiger partial charge in [-0.05, 0) is 61.4 Å². The monoisotopic (exact) mass is 483 g/mol. The van der Waals surface area contributed by atoms with Crippen molar-refractivity contribution in [2.24, 2.45) is 0 Å². The lowest BCUT2D eigenvalue weighted by Gasteiger charge is -2.10. The Morgan fingerprint density at radius 2 is 1.11 bits per heavy atom. The third kappa shape index (κ3) is 11.4. The topological polar surface area (TPSA) is 106 Å². The summed E-state index contributed by atoms with van der Waals surface area (Å²) < 4.78 is 11.0. The van der Waals surface area contributed by atoms with Crippen LogP contribution in [0.5, 0.6) is 11.5 Å². The van der Waals surface area contributed by atoms with Gasteiger partial charge in [0.25, 0.3) is 17.7 Å². The van der Waals surface area contributed by atoms with Crippen LogP contribution in [0.15, 0.2) is 48.5 Å². The molecule has 8 heteroatoms. The number of anilines is 1. The SMILES string of the molecule is CCCCCNC(=O)COc1ccc(NC(=O)c2ccc(OCC(=O)NCCCCC)cc2)cc1. The number of carbonyl (C=O) groups is 3. The minimum atomic E-state index is -0.273. The van der Waals surface area contributed by atoms with Crippen LogP contribution in [0.4, 0.5) is 5.69 Å². The number of amides is 3. The molecular weight excluding hydrogens is 446 g/mol. The summed E-state index contributed by atoms with van der Waals surface area (Å²) in [5.41, 5.74) is 1.06. The molecule has 0 saturated heterocycles. The molecule has 2 rings (SSSR count). The Hall–Kier alpha value is -3.55. The summed E-state index contributed by atoms with van der Waals surface area (Å²) in [5.74, 6) is 0.468. The first-order valence-corrected chi connectivity index (χ1v) is 12.3. The number of unbranched alkanes of at least 4 members (excludes halogenated alkanes) is 4. The second kappa shape index (κ2) is 16.1. The summed E-state index contributed by atoms with van der Waals surface area (Å²) in [6, 6.07) is 13.4. The van der Waals surface area contributed by atoms with E-state index in [9.17, 15) is 14.4 Å². The summed E-state index contributed by atoms with van der Waals surface area (Å²) in [5, 5.41) is 8.45. The van der Waals surface area contributed by atoms with Crippen LogP contribution >= 0.6 is 0 Å². The van der Waals surface area contributed by atoms with Crippen molar-refractivity contribution in [1.29, 1.82) is 0 Å². The molecule has 0 unspecified atom stereocenters. The van der Waals surface area contributed by atoms with Crippen molar-refractivity contribution in [3.05, 3.63) is 54.1 Å². The van der Waals surface area contributed by atoms with E-state index < -0.39 is 0 Å². The number of nitrogens with one attached hydrogen (secondary N) is 3. The van der Waals surface area contributed by atoms with Gasteiger partial charge in [0.1, 0.15) is 11.5 Å². The van der Waals surface area contributed by atoms with E-state index in [1.807, 2.05) is 0 Å². The third-order valence-corrected chi connectivity index (χ3v) is 5.17. The molecule has 3 amide bonds. The average molecular weight is 484 g/mol. The van der Waals surface area contributed by atoms with Crippen molar-refractivity contribution in [2.45, 2.75) is 52.4 Å². The molecule has 3 N–H and O–H groups in total. The maximum Gasteiger partial charge on any atom is 0.257 e. The molecule has 35 heavy (non-hydrogen) atoms. The predicted octanol–water partition coefficient (Wildman–Crippen LogP) is 4.31. The van der Waals surface area contributed by atoms with Gasteiger partial charge in [0.15, 0.2) is 13.2 Å². The summed E-state index contributed by atoms with van der Waals surface area (Å²) in [7, 11) is 0. The van der Waals surface area contributed by atoms with Crippen LogP contribution < -0.4 is 25.4 Å². The minimum Gasteiger partial charge on any atom is -0.484 e. The van der Waals surface area contributed by atoms with Gasteiger partial charge < -0.3 is 25.4 Å². The van der Waals surface area contributed by atoms with Crippen LogP contribution in [0, 0.1) is 0 Å². The Labute approximate surface area is 207 Å². The second-order valence-electron chi connectivity index (χ2n) is 8.19. The highest BCUT2D eigenvalue weighted by Gasteiger charge is 2.08. The van der Waals surface area contributed by atoms with E-state index >= 15 is 0 Å². The number of ether oxygens (including phenoxy) is 2. The lowest BCUT2D eigenvalue weighted by molar-refractivity contribution is -0.123. The van der Waals surface area contributed by atoms with E-state index in [4.69, 9.17) is 9.47 Å². The maximum atomic E-state index is 12.5. The van der Waals surface area contributed by atoms with Gasteiger partial charge in [0.2, 0.25) is 0 Å². The molecule has 0 radical (unpaired) electrons. The maximum absolute atomic E-state index is 12.5. The van der Waals surface area contributed by atoms with Crippen LogP contribution in [-0.4, -0.2) is 44.0 Å². The Balaban J connectivity index is 1.72. The zero-order valence-electron chi connectivity index (χ0n) is 20.7. The molecule has 0 aliphatic heterocycles. The fraction of sp³-hybridized carbons (Fsp3) is 0.444. The van der Waals surface area contributed by atoms with E-state index in [1.165, 1.54) is 0 Å². The van der Waals surface area contributed by atoms with Crippen molar-refractivity contribution in [2.75, 3.05) is 31.6 Å². The largest absolute Gasteiger partial charge is 0.484 e. The van der Waals surface area contributed by atoms with Crippen molar-refractivity contribution in [1.82, 2.24) is 10.6 Å². The highest BCUT2D eigenvalue weighted by molar-refractivity contribution is 6.04. The molecule has 190 valence electrons. The fourth-order valence-corrected chi connectivity index (χ4v) is 3.15. The van der Waals surface area contributed by atoms with Gasteiger partial charge >= 0.3 is 0 Å². The summed E-state index contributed by atoms with van der Waals surface area (Å²) in [6.45, 7) is 5.42. The first kappa shape index (κ1) is 27.7. The zero-order chi connectivity index (χ0) is 25.3. The standard InChI is InChI=1S/C27H37N3O5/c1-3-5-7-17-28-25(31)19-34-23-13-9-21(10-14-23)27(33)30-22-11-15-24(16-12-22)35-20-26(32)29-18-8-6-4-2/h9-16H,3-8,17-20H2,1-2H3,(H,28,31)(H,29,32)(H,30,33). The third-order valence-electron chi connectivity index (χ3n) is 5.17. The smallest absolute Gasteiger partial charge is 0.257 e. The molecule has 0 saturated carbocycles. The van der Waals surface area contributed by atoms with E-state index in [0.717, 1.165) is 38.5 Å². The molecule has 0 aliphatic rings. The predicted molar refractivity (Wildman–Crippen MR) is 137 cm³/mol. The lowest BCUT2D eigenvalue weighted by atomic mass is 10.2. The highest BCUT2D eigenvalue weighted by Crippen LogP contribution is 2.18. The average Bonchev–Trinajstić information content (AvgIpc) is 2.88. The molecule has 0 heterocycles. The molecule has 8 nitrogen and oxygen atoms in total. The van der Waals surface area contributed by atoms with Crippen LogP contribution in [-0.2, 0) is 9.59 Å². The Morgan fingerprint density at radius 3 is 1.57 bits per heavy atom. The zero-order valence-corrected chi connectivity index (χ0v) is 20.7. The van der Waals surface area contributed by atoms with Crippen LogP contribution in [0.3, 0.4) is 0 Å². The first-order chi connectivity index (χ1) is 17.0. The van der Waals surface area contributed by atoms with Crippen molar-refractivity contribution >= 4 is 23.4 Å². The molecule has 0 atom stereocenters. The Kier molecular flexibility index (Phi) is 12.8. The molecular formula is C27H37N3O5. The fourth-order valence-electron chi connectivity index (χ4n) is 3.15. The van der Waals surface area contributed by atoms with Crippen LogP contribution in [0.2, 0.25) is 0 Å². The Bertz CT molecular complexity index is 913. The molecule has 2 aromatic rings. The molecule has 0 spiro atoms. The minimum absolute atomic E-state index is 0.0488. The summed E-state index contributed by atoms with van der Waals surface area (Å²) in [6.07, 6.45) is 6.30. The highest BCUT2D eigenvalue weighted by atomic mass is 16.5. The molecule has 2 aromatic carbocycles. The van der Waals surface area contributed by atoms with Crippen molar-refractivity contribution in [3.8, 4) is 11.5 Å². The number of rotatable bonds is 16. The molecule has 0 bridgehead atoms. The van der Waals surface area contributed by atoms with E-state index in [0.29, 0.717) is 35.8 Å². The van der Waals surface area contributed by atoms with Gasteiger partial charge in [0.05, 0.1) is 0 Å². The number of benzene rings is 2. The molecule has 0 aromatic heterocycles. The van der Waals surface area contributed by atoms with Gasteiger partial charge in [-0.2, -0.15) is 0 Å². The lowest BCUT2D eigenvalue weighted by Crippen LogP contribution is -2.29. The van der Waals surface area contributed by atoms with Crippen molar-refractivity contribution < 1.29 is 23.9 Å². The van der Waals surface area contributed by atoms with Gasteiger partial charge in [0, 0.05) is 24.3 Å². The normalized spacial score (nSPS) is 10.3. The van der Waals surface area contributed by atoms with Gasteiger partial charge in [-0.25, -0.2) is 0 Å². The van der Waals surface area contributed by atoms with E-state index in [1.54, 1.807) is 48.5 Å². The first-order valence-electron chi connectivity index (χ1n) is 12.3. The van der Waals surface area contributed by atoms with Crippen molar-refractivity contribution in [3.63, 3.8) is 0 Å². The molecule has 0 fully saturated rings. The number of carbonyl (C=O) groups excluding carboxylic acids is 3. The number of hydrogen-bond acceptors (Lipinski definition) is 5. The van der Waals surface area contributed by atoms with Crippen LogP contribution in [0.25, 0.3) is 0 Å². The van der Waals surface area contributed by atoms with E-state index in [-0.39, 0.29) is 30.9 Å². The van der Waals surface area contributed by atoms with Gasteiger partial charge in [-0.1, -0.05) is 39.5 Å². The van der Waals surface area contributed by atoms with E-state index in [2.05, 4.69) is 29.8 Å². The summed E-state index contributed by atoms with van der Waals surface area (Å²) in [4.78, 5) is 36.1. The molecule has 0 aliphatic carbocycles. The quantitative estimate of drug-likeness (QED) is 0.309. The number of hydrogen-bond donors (Lipinski definition) is 3. The second-order valence-corrected chi connectivity index (χ2v) is 8.19.